The molecular formula is C28H31N5O2S. The van der Waals surface area contributed by atoms with Crippen molar-refractivity contribution in [1.29, 1.82) is 0 Å². The van der Waals surface area contributed by atoms with Gasteiger partial charge >= 0.3 is 0 Å². The lowest BCUT2D eigenvalue weighted by atomic mass is 10.2. The van der Waals surface area contributed by atoms with Crippen molar-refractivity contribution in [1.82, 2.24) is 19.4 Å². The average molecular weight is 502 g/mol. The van der Waals surface area contributed by atoms with Crippen molar-refractivity contribution in [2.24, 2.45) is 0 Å². The third-order valence-corrected chi connectivity index (χ3v) is 6.10. The summed E-state index contributed by atoms with van der Waals surface area (Å²) in [5.74, 6) is 4.17. The van der Waals surface area contributed by atoms with Crippen LogP contribution in [0.5, 0.6) is 17.2 Å². The maximum atomic E-state index is 6.11. The summed E-state index contributed by atoms with van der Waals surface area (Å²) in [5.41, 5.74) is 3.63. The van der Waals surface area contributed by atoms with E-state index in [1.165, 1.54) is 0 Å². The fraction of sp³-hybridized carbons (Fsp3) is 0.250. The number of hydrogen-bond acceptors (Lipinski definition) is 7. The van der Waals surface area contributed by atoms with Gasteiger partial charge in [-0.05, 0) is 73.4 Å². The standard InChI is InChI=1S/C26H25N5O2S.C2H6/c1-18-14-19(4-7-24(18)33-21-8-10-31-11-9-27-25(31)16-21)30-26-22-15-20(32-12-3-13-34-2)5-6-23(22)28-17-29-26;1-2/h4-11,14-17H,3,12-13H2,1-2H3,(H,28,29,30);1-2H3. The Morgan fingerprint density at radius 2 is 1.83 bits per heavy atom. The first-order valence-electron chi connectivity index (χ1n) is 12.0. The van der Waals surface area contributed by atoms with E-state index in [0.717, 1.165) is 63.0 Å². The zero-order valence-electron chi connectivity index (χ0n) is 21.1. The summed E-state index contributed by atoms with van der Waals surface area (Å²) >= 11 is 1.82. The predicted octanol–water partition coefficient (Wildman–Crippen LogP) is 7.28. The van der Waals surface area contributed by atoms with Crippen molar-refractivity contribution >= 4 is 39.8 Å². The highest BCUT2D eigenvalue weighted by molar-refractivity contribution is 7.98. The van der Waals surface area contributed by atoms with Crippen molar-refractivity contribution < 1.29 is 9.47 Å². The Bertz CT molecular complexity index is 1440. The van der Waals surface area contributed by atoms with Crippen LogP contribution in [0.25, 0.3) is 16.6 Å². The summed E-state index contributed by atoms with van der Waals surface area (Å²) in [7, 11) is 0. The van der Waals surface area contributed by atoms with Crippen LogP contribution in [0.15, 0.2) is 73.4 Å². The lowest BCUT2D eigenvalue weighted by molar-refractivity contribution is 0.319. The van der Waals surface area contributed by atoms with E-state index in [9.17, 15) is 0 Å². The van der Waals surface area contributed by atoms with Crippen molar-refractivity contribution in [3.05, 3.63) is 79.0 Å². The molecule has 8 heteroatoms. The van der Waals surface area contributed by atoms with Gasteiger partial charge in [0.05, 0.1) is 12.1 Å². The number of nitrogens with zero attached hydrogens (tertiary/aromatic N) is 4. The topological polar surface area (TPSA) is 73.6 Å². The second-order valence-electron chi connectivity index (χ2n) is 7.86. The molecule has 7 nitrogen and oxygen atoms in total. The predicted molar refractivity (Wildman–Crippen MR) is 149 cm³/mol. The van der Waals surface area contributed by atoms with Gasteiger partial charge in [0.25, 0.3) is 0 Å². The molecule has 3 aromatic heterocycles. The SMILES string of the molecule is CC.CSCCCOc1ccc2ncnc(Nc3ccc(Oc4ccn5ccnc5c4)c(C)c3)c2c1. The molecule has 5 rings (SSSR count). The first kappa shape index (κ1) is 25.3. The number of imidazole rings is 1. The van der Waals surface area contributed by atoms with E-state index < -0.39 is 0 Å². The molecule has 1 N–H and O–H groups in total. The fourth-order valence-corrected chi connectivity index (χ4v) is 4.09. The van der Waals surface area contributed by atoms with Gasteiger partial charge in [0, 0.05) is 35.7 Å². The molecule has 0 unspecified atom stereocenters. The van der Waals surface area contributed by atoms with Gasteiger partial charge in [-0.3, -0.25) is 0 Å². The van der Waals surface area contributed by atoms with Crippen molar-refractivity contribution in [3.8, 4) is 17.2 Å². The van der Waals surface area contributed by atoms with Gasteiger partial charge in [-0.15, -0.1) is 0 Å². The van der Waals surface area contributed by atoms with Crippen molar-refractivity contribution in [2.45, 2.75) is 27.2 Å². The van der Waals surface area contributed by atoms with Gasteiger partial charge in [-0.1, -0.05) is 13.8 Å². The van der Waals surface area contributed by atoms with Crippen LogP contribution in [-0.2, 0) is 0 Å². The van der Waals surface area contributed by atoms with Gasteiger partial charge in [-0.25, -0.2) is 15.0 Å². The van der Waals surface area contributed by atoms with Crippen LogP contribution < -0.4 is 14.8 Å². The molecule has 0 spiro atoms. The molecule has 3 heterocycles. The Morgan fingerprint density at radius 1 is 0.944 bits per heavy atom. The van der Waals surface area contributed by atoms with Crippen molar-refractivity contribution in [2.75, 3.05) is 23.9 Å². The lowest BCUT2D eigenvalue weighted by Crippen LogP contribution is -2.00. The van der Waals surface area contributed by atoms with E-state index in [2.05, 4.69) is 26.5 Å². The van der Waals surface area contributed by atoms with Crippen LogP contribution in [0.1, 0.15) is 25.8 Å². The molecule has 0 aliphatic rings. The second-order valence-corrected chi connectivity index (χ2v) is 8.84. The quantitative estimate of drug-likeness (QED) is 0.213. The number of thioether (sulfide) groups is 1. The molecule has 0 aliphatic heterocycles. The molecule has 0 atom stereocenters. The summed E-state index contributed by atoms with van der Waals surface area (Å²) in [5, 5.41) is 4.34. The van der Waals surface area contributed by atoms with E-state index >= 15 is 0 Å². The Kier molecular flexibility index (Phi) is 8.62. The number of fused-ring (bicyclic) bond motifs is 2. The van der Waals surface area contributed by atoms with Crippen LogP contribution in [-0.4, -0.2) is 38.0 Å². The van der Waals surface area contributed by atoms with Gasteiger partial charge in [0.2, 0.25) is 0 Å². The molecule has 0 saturated carbocycles. The Morgan fingerprint density at radius 3 is 2.67 bits per heavy atom. The van der Waals surface area contributed by atoms with E-state index in [1.54, 1.807) is 12.5 Å². The molecule has 0 bridgehead atoms. The number of benzene rings is 2. The third-order valence-electron chi connectivity index (χ3n) is 5.40. The molecule has 0 amide bonds. The number of rotatable bonds is 9. The lowest BCUT2D eigenvalue weighted by Gasteiger charge is -2.13. The number of ether oxygens (including phenoxy) is 2. The average Bonchev–Trinajstić information content (AvgIpc) is 3.38. The molecule has 36 heavy (non-hydrogen) atoms. The maximum Gasteiger partial charge on any atom is 0.141 e. The Labute approximate surface area is 215 Å². The monoisotopic (exact) mass is 501 g/mol. The zero-order valence-corrected chi connectivity index (χ0v) is 21.9. The Hall–Kier alpha value is -3.78. The highest BCUT2D eigenvalue weighted by Gasteiger charge is 2.09. The first-order valence-corrected chi connectivity index (χ1v) is 13.4. The smallest absolute Gasteiger partial charge is 0.141 e. The largest absolute Gasteiger partial charge is 0.494 e. The van der Waals surface area contributed by atoms with Gasteiger partial charge in [0.15, 0.2) is 0 Å². The highest BCUT2D eigenvalue weighted by atomic mass is 32.2. The van der Waals surface area contributed by atoms with Crippen LogP contribution in [0, 0.1) is 6.92 Å². The number of nitrogens with one attached hydrogen (secondary N) is 1. The molecule has 0 aliphatic carbocycles. The second kappa shape index (κ2) is 12.3. The van der Waals surface area contributed by atoms with E-state index in [4.69, 9.17) is 9.47 Å². The van der Waals surface area contributed by atoms with Crippen LogP contribution in [0.2, 0.25) is 0 Å². The van der Waals surface area contributed by atoms with Crippen molar-refractivity contribution in [3.63, 3.8) is 0 Å². The van der Waals surface area contributed by atoms with E-state index in [-0.39, 0.29) is 0 Å². The molecule has 186 valence electrons. The molecule has 2 aromatic carbocycles. The van der Waals surface area contributed by atoms with Crippen LogP contribution >= 0.6 is 11.8 Å². The summed E-state index contributed by atoms with van der Waals surface area (Å²) in [6, 6.07) is 15.7. The summed E-state index contributed by atoms with van der Waals surface area (Å²) in [6.07, 6.45) is 10.3. The van der Waals surface area contributed by atoms with E-state index in [1.807, 2.05) is 97.9 Å². The van der Waals surface area contributed by atoms with E-state index in [0.29, 0.717) is 6.61 Å². The number of aryl methyl sites for hydroxylation is 1. The summed E-state index contributed by atoms with van der Waals surface area (Å²) in [4.78, 5) is 13.2. The molecular weight excluding hydrogens is 470 g/mol. The molecule has 0 saturated heterocycles. The normalized spacial score (nSPS) is 10.7. The number of aromatic nitrogens is 4. The molecule has 0 radical (unpaired) electrons. The summed E-state index contributed by atoms with van der Waals surface area (Å²) < 4.78 is 14.0. The number of anilines is 2. The minimum Gasteiger partial charge on any atom is -0.494 e. The zero-order chi connectivity index (χ0) is 25.3. The number of hydrogen-bond donors (Lipinski definition) is 1. The van der Waals surface area contributed by atoms with Crippen LogP contribution in [0.3, 0.4) is 0 Å². The van der Waals surface area contributed by atoms with Gasteiger partial charge in [-0.2, -0.15) is 11.8 Å². The maximum absolute atomic E-state index is 6.11. The number of pyridine rings is 1. The Balaban J connectivity index is 0.00000148. The molecule has 5 aromatic rings. The minimum atomic E-state index is 0.691. The van der Waals surface area contributed by atoms with Crippen LogP contribution in [0.4, 0.5) is 11.5 Å². The third kappa shape index (κ3) is 6.07. The first-order chi connectivity index (χ1) is 17.7. The van der Waals surface area contributed by atoms with Gasteiger partial charge < -0.3 is 19.2 Å². The molecule has 0 fully saturated rings. The minimum absolute atomic E-state index is 0.691. The highest BCUT2D eigenvalue weighted by Crippen LogP contribution is 2.31. The van der Waals surface area contributed by atoms with Gasteiger partial charge in [0.1, 0.15) is 35.0 Å². The summed E-state index contributed by atoms with van der Waals surface area (Å²) in [6.45, 7) is 6.71. The fourth-order valence-electron chi connectivity index (χ4n) is 3.68.